The summed E-state index contributed by atoms with van der Waals surface area (Å²) in [5.74, 6) is 1.08. The van der Waals surface area contributed by atoms with Gasteiger partial charge in [0.25, 0.3) is 5.91 Å². The molecule has 1 amide bonds. The molecule has 5 nitrogen and oxygen atoms in total. The zero-order valence-corrected chi connectivity index (χ0v) is 17.9. The van der Waals surface area contributed by atoms with E-state index in [2.05, 4.69) is 5.32 Å². The molecular formula is C22H27ClN2O3S. The number of carbonyl (C=O) groups is 1. The summed E-state index contributed by atoms with van der Waals surface area (Å²) in [6.07, 6.45) is 2.02. The van der Waals surface area contributed by atoms with E-state index in [9.17, 15) is 13.2 Å². The van der Waals surface area contributed by atoms with Gasteiger partial charge in [-0.1, -0.05) is 36.4 Å². The Kier molecular flexibility index (Phi) is 6.98. The predicted octanol–water partition coefficient (Wildman–Crippen LogP) is 3.15. The van der Waals surface area contributed by atoms with Gasteiger partial charge in [0.2, 0.25) is 0 Å². The SMILES string of the molecule is Cl.O=C(c1ccccc1CS(=O)(=O)c1ccccc1)N1CC[C@@H]2CNC[C@@H]2CC1. The van der Waals surface area contributed by atoms with Crippen LogP contribution < -0.4 is 5.32 Å². The molecule has 1 N–H and O–H groups in total. The van der Waals surface area contributed by atoms with Crippen molar-refractivity contribution in [2.75, 3.05) is 26.2 Å². The minimum Gasteiger partial charge on any atom is -0.339 e. The Bertz CT molecular complexity index is 936. The fourth-order valence-electron chi connectivity index (χ4n) is 4.36. The molecule has 0 bridgehead atoms. The number of carbonyl (C=O) groups excluding carboxylic acids is 1. The summed E-state index contributed by atoms with van der Waals surface area (Å²) in [6, 6.07) is 15.5. The van der Waals surface area contributed by atoms with Gasteiger partial charge in [-0.05, 0) is 61.5 Å². The summed E-state index contributed by atoms with van der Waals surface area (Å²) in [5, 5.41) is 3.45. The number of rotatable bonds is 4. The number of halogens is 1. The Labute approximate surface area is 178 Å². The largest absolute Gasteiger partial charge is 0.339 e. The van der Waals surface area contributed by atoms with Crippen molar-refractivity contribution < 1.29 is 13.2 Å². The van der Waals surface area contributed by atoms with E-state index in [-0.39, 0.29) is 29.0 Å². The molecule has 0 aromatic heterocycles. The minimum atomic E-state index is -3.50. The molecule has 0 radical (unpaired) electrons. The zero-order valence-electron chi connectivity index (χ0n) is 16.3. The third-order valence-electron chi connectivity index (χ3n) is 6.00. The molecule has 2 aromatic rings. The first kappa shape index (κ1) is 21.8. The van der Waals surface area contributed by atoms with Crippen LogP contribution in [0.5, 0.6) is 0 Å². The molecule has 2 aliphatic rings. The molecule has 156 valence electrons. The maximum atomic E-state index is 13.2. The maximum Gasteiger partial charge on any atom is 0.254 e. The third kappa shape index (κ3) is 4.82. The van der Waals surface area contributed by atoms with Gasteiger partial charge in [0.1, 0.15) is 0 Å². The highest BCUT2D eigenvalue weighted by Gasteiger charge is 2.32. The Hall–Kier alpha value is -1.89. The topological polar surface area (TPSA) is 66.5 Å². The number of amides is 1. The summed E-state index contributed by atoms with van der Waals surface area (Å²) in [7, 11) is -3.50. The lowest BCUT2D eigenvalue weighted by Crippen LogP contribution is -2.33. The van der Waals surface area contributed by atoms with Crippen molar-refractivity contribution in [3.05, 3.63) is 65.7 Å². The highest BCUT2D eigenvalue weighted by atomic mass is 35.5. The molecule has 2 aliphatic heterocycles. The number of likely N-dealkylation sites (tertiary alicyclic amines) is 1. The smallest absolute Gasteiger partial charge is 0.254 e. The molecule has 7 heteroatoms. The average molecular weight is 435 g/mol. The van der Waals surface area contributed by atoms with Crippen LogP contribution in [0.2, 0.25) is 0 Å². The highest BCUT2D eigenvalue weighted by molar-refractivity contribution is 7.90. The van der Waals surface area contributed by atoms with Gasteiger partial charge in [-0.2, -0.15) is 0 Å². The molecule has 2 fully saturated rings. The molecule has 4 rings (SSSR count). The quantitative estimate of drug-likeness (QED) is 0.802. The van der Waals surface area contributed by atoms with E-state index < -0.39 is 9.84 Å². The van der Waals surface area contributed by atoms with E-state index in [0.717, 1.165) is 39.0 Å². The van der Waals surface area contributed by atoms with Gasteiger partial charge in [-0.25, -0.2) is 8.42 Å². The molecule has 2 atom stereocenters. The van der Waals surface area contributed by atoms with Gasteiger partial charge in [-0.15, -0.1) is 12.4 Å². The number of hydrogen-bond acceptors (Lipinski definition) is 4. The first-order valence-corrected chi connectivity index (χ1v) is 11.6. The molecular weight excluding hydrogens is 408 g/mol. The number of nitrogens with zero attached hydrogens (tertiary/aromatic N) is 1. The molecule has 0 aliphatic carbocycles. The summed E-state index contributed by atoms with van der Waals surface area (Å²) >= 11 is 0. The van der Waals surface area contributed by atoms with E-state index in [1.807, 2.05) is 11.0 Å². The molecule has 0 unspecified atom stereocenters. The Morgan fingerprint density at radius 1 is 0.931 bits per heavy atom. The number of benzene rings is 2. The van der Waals surface area contributed by atoms with Gasteiger partial charge >= 0.3 is 0 Å². The summed E-state index contributed by atoms with van der Waals surface area (Å²) in [5.41, 5.74) is 1.08. The van der Waals surface area contributed by atoms with E-state index in [1.54, 1.807) is 48.5 Å². The van der Waals surface area contributed by atoms with Gasteiger partial charge in [0.05, 0.1) is 10.6 Å². The van der Waals surface area contributed by atoms with Crippen molar-refractivity contribution in [3.8, 4) is 0 Å². The minimum absolute atomic E-state index is 0. The van der Waals surface area contributed by atoms with Gasteiger partial charge in [-0.3, -0.25) is 4.79 Å². The standard InChI is InChI=1S/C22H26N2O3S.ClH/c25-22(24-12-10-17-14-23-15-18(17)11-13-24)21-9-5-4-6-19(21)16-28(26,27)20-7-2-1-3-8-20;/h1-9,17-18,23H,10-16H2;1H/t17-,18+;. The van der Waals surface area contributed by atoms with Crippen LogP contribution in [0.25, 0.3) is 0 Å². The van der Waals surface area contributed by atoms with Crippen LogP contribution in [0.3, 0.4) is 0 Å². The first-order chi connectivity index (χ1) is 13.5. The van der Waals surface area contributed by atoms with Crippen LogP contribution in [0.4, 0.5) is 0 Å². The Morgan fingerprint density at radius 2 is 1.52 bits per heavy atom. The monoisotopic (exact) mass is 434 g/mol. The van der Waals surface area contributed by atoms with Crippen molar-refractivity contribution in [2.24, 2.45) is 11.8 Å². The molecule has 0 spiro atoms. The van der Waals surface area contributed by atoms with Crippen LogP contribution in [-0.2, 0) is 15.6 Å². The summed E-state index contributed by atoms with van der Waals surface area (Å²) < 4.78 is 25.6. The van der Waals surface area contributed by atoms with Crippen LogP contribution in [0, 0.1) is 11.8 Å². The predicted molar refractivity (Wildman–Crippen MR) is 116 cm³/mol. The van der Waals surface area contributed by atoms with E-state index in [1.165, 1.54) is 0 Å². The van der Waals surface area contributed by atoms with Crippen LogP contribution in [0.1, 0.15) is 28.8 Å². The van der Waals surface area contributed by atoms with Crippen molar-refractivity contribution in [3.63, 3.8) is 0 Å². The fraction of sp³-hybridized carbons (Fsp3) is 0.409. The van der Waals surface area contributed by atoms with Crippen molar-refractivity contribution in [1.82, 2.24) is 10.2 Å². The maximum absolute atomic E-state index is 13.2. The average Bonchev–Trinajstić information content (AvgIpc) is 3.06. The molecule has 0 saturated carbocycles. The third-order valence-corrected chi connectivity index (χ3v) is 7.68. The second-order valence-electron chi connectivity index (χ2n) is 7.78. The molecule has 2 saturated heterocycles. The van der Waals surface area contributed by atoms with Crippen molar-refractivity contribution in [2.45, 2.75) is 23.5 Å². The Morgan fingerprint density at radius 3 is 2.17 bits per heavy atom. The highest BCUT2D eigenvalue weighted by Crippen LogP contribution is 2.28. The summed E-state index contributed by atoms with van der Waals surface area (Å²) in [6.45, 7) is 3.56. The Balaban J connectivity index is 0.00000240. The van der Waals surface area contributed by atoms with Gasteiger partial charge < -0.3 is 10.2 Å². The van der Waals surface area contributed by atoms with E-state index in [4.69, 9.17) is 0 Å². The zero-order chi connectivity index (χ0) is 19.6. The van der Waals surface area contributed by atoms with E-state index in [0.29, 0.717) is 23.0 Å². The normalized spacial score (nSPS) is 21.7. The van der Waals surface area contributed by atoms with Crippen LogP contribution in [-0.4, -0.2) is 45.4 Å². The van der Waals surface area contributed by atoms with Crippen LogP contribution >= 0.6 is 12.4 Å². The van der Waals surface area contributed by atoms with Crippen molar-refractivity contribution in [1.29, 1.82) is 0 Å². The number of nitrogens with one attached hydrogen (secondary N) is 1. The van der Waals surface area contributed by atoms with Gasteiger partial charge in [0, 0.05) is 18.7 Å². The second-order valence-corrected chi connectivity index (χ2v) is 9.77. The molecule has 2 heterocycles. The summed E-state index contributed by atoms with van der Waals surface area (Å²) in [4.78, 5) is 15.4. The first-order valence-electron chi connectivity index (χ1n) is 9.90. The molecule has 29 heavy (non-hydrogen) atoms. The molecule has 2 aromatic carbocycles. The number of sulfone groups is 1. The lowest BCUT2D eigenvalue weighted by Gasteiger charge is -2.22. The lowest BCUT2D eigenvalue weighted by molar-refractivity contribution is 0.0757. The van der Waals surface area contributed by atoms with Crippen LogP contribution in [0.15, 0.2) is 59.5 Å². The second kappa shape index (κ2) is 9.28. The number of fused-ring (bicyclic) bond motifs is 1. The van der Waals surface area contributed by atoms with Crippen molar-refractivity contribution >= 4 is 28.2 Å². The van der Waals surface area contributed by atoms with Gasteiger partial charge in [0.15, 0.2) is 9.84 Å². The lowest BCUT2D eigenvalue weighted by atomic mass is 9.92. The number of hydrogen-bond donors (Lipinski definition) is 1. The van der Waals surface area contributed by atoms with E-state index >= 15 is 0 Å². The fourth-order valence-corrected chi connectivity index (χ4v) is 5.76.